The summed E-state index contributed by atoms with van der Waals surface area (Å²) >= 11 is 1.43. The second-order valence-electron chi connectivity index (χ2n) is 7.51. The highest BCUT2D eigenvalue weighted by Gasteiger charge is 2.45. The number of nitrogen functional groups attached to an aromatic ring is 1. The van der Waals surface area contributed by atoms with E-state index in [0.29, 0.717) is 55.9 Å². The van der Waals surface area contributed by atoms with Crippen LogP contribution in [0.3, 0.4) is 0 Å². The largest absolute Gasteiger partial charge is 0.390 e. The van der Waals surface area contributed by atoms with Gasteiger partial charge in [0.1, 0.15) is 0 Å². The van der Waals surface area contributed by atoms with Crippen molar-refractivity contribution >= 4 is 44.1 Å². The lowest BCUT2D eigenvalue weighted by atomic mass is 9.70. The number of hydrogen-bond donors (Lipinski definition) is 1. The van der Waals surface area contributed by atoms with Gasteiger partial charge in [0.25, 0.3) is 5.91 Å². The summed E-state index contributed by atoms with van der Waals surface area (Å²) in [5.41, 5.74) is 6.43. The number of nitrogens with two attached hydrogens (primary N) is 1. The molecule has 2 aliphatic rings. The molecule has 1 spiro atoms. The van der Waals surface area contributed by atoms with E-state index in [2.05, 4.69) is 0 Å². The number of rotatable bonds is 2. The number of carbonyl (C=O) groups is 3. The molecule has 0 bridgehead atoms. The molecule has 0 atom stereocenters. The number of imide groups is 1. The number of carbonyl (C=O) groups excluding carboxylic acids is 3. The molecule has 27 heavy (non-hydrogen) atoms. The Morgan fingerprint density at radius 2 is 1.78 bits per heavy atom. The lowest BCUT2D eigenvalue weighted by molar-refractivity contribution is -0.154. The summed E-state index contributed by atoms with van der Waals surface area (Å²) in [6.45, 7) is 3.36. The highest BCUT2D eigenvalue weighted by molar-refractivity contribution is 7.23. The van der Waals surface area contributed by atoms with Crippen LogP contribution in [0.25, 0.3) is 10.1 Å². The van der Waals surface area contributed by atoms with Crippen LogP contribution in [0.2, 0.25) is 0 Å². The Bertz CT molecular complexity index is 908. The molecule has 142 valence electrons. The Balaban J connectivity index is 1.51. The van der Waals surface area contributed by atoms with Gasteiger partial charge in [0.05, 0.1) is 10.6 Å². The van der Waals surface area contributed by atoms with Crippen molar-refractivity contribution in [3.8, 4) is 0 Å². The minimum Gasteiger partial charge on any atom is -0.390 e. The lowest BCUT2D eigenvalue weighted by Crippen LogP contribution is -2.52. The van der Waals surface area contributed by atoms with E-state index < -0.39 is 0 Å². The first-order valence-electron chi connectivity index (χ1n) is 9.33. The highest BCUT2D eigenvalue weighted by Crippen LogP contribution is 2.43. The van der Waals surface area contributed by atoms with Crippen molar-refractivity contribution in [3.63, 3.8) is 0 Å². The van der Waals surface area contributed by atoms with Crippen LogP contribution < -0.4 is 5.73 Å². The number of hydrogen-bond acceptors (Lipinski definition) is 5. The van der Waals surface area contributed by atoms with E-state index in [1.165, 1.54) is 16.2 Å². The molecule has 0 radical (unpaired) electrons. The van der Waals surface area contributed by atoms with Gasteiger partial charge in [-0.15, -0.1) is 11.3 Å². The van der Waals surface area contributed by atoms with E-state index in [-0.39, 0.29) is 23.1 Å². The van der Waals surface area contributed by atoms with Crippen molar-refractivity contribution in [2.24, 2.45) is 5.41 Å². The van der Waals surface area contributed by atoms with Crippen molar-refractivity contribution in [3.05, 3.63) is 29.8 Å². The molecule has 1 aromatic heterocycles. The Kier molecular flexibility index (Phi) is 4.42. The van der Waals surface area contributed by atoms with E-state index in [4.69, 9.17) is 5.73 Å². The van der Waals surface area contributed by atoms with Crippen LogP contribution in [0, 0.1) is 5.41 Å². The van der Waals surface area contributed by atoms with Gasteiger partial charge in [-0.05, 0) is 31.2 Å². The molecular formula is C20H23N3O3S. The third-order valence-corrected chi connectivity index (χ3v) is 6.92. The quantitative estimate of drug-likeness (QED) is 0.806. The number of thiophene rings is 1. The maximum absolute atomic E-state index is 13.1. The van der Waals surface area contributed by atoms with Crippen LogP contribution in [0.4, 0.5) is 5.00 Å². The standard InChI is InChI=1S/C20H23N3O3S/c1-2-23-15(24)11-20(12-16(23)25)7-9-22(10-8-20)19(26)17-13-5-3-4-6-14(13)27-18(17)21/h3-6H,2,7-12,21H2,1H3. The predicted octanol–water partition coefficient (Wildman–Crippen LogP) is 2.87. The first-order valence-corrected chi connectivity index (χ1v) is 10.2. The van der Waals surface area contributed by atoms with Crippen LogP contribution in [0.5, 0.6) is 0 Å². The zero-order valence-electron chi connectivity index (χ0n) is 15.4. The van der Waals surface area contributed by atoms with Gasteiger partial charge in [-0.3, -0.25) is 19.3 Å². The Morgan fingerprint density at radius 1 is 1.15 bits per heavy atom. The van der Waals surface area contributed by atoms with Crippen LogP contribution >= 0.6 is 11.3 Å². The van der Waals surface area contributed by atoms with E-state index in [0.717, 1.165) is 10.1 Å². The van der Waals surface area contributed by atoms with E-state index >= 15 is 0 Å². The molecule has 0 saturated carbocycles. The fraction of sp³-hybridized carbons (Fsp3) is 0.450. The second-order valence-corrected chi connectivity index (χ2v) is 8.60. The molecular weight excluding hydrogens is 362 g/mol. The molecule has 4 rings (SSSR count). The van der Waals surface area contributed by atoms with Crippen molar-refractivity contribution < 1.29 is 14.4 Å². The average molecular weight is 385 g/mol. The zero-order chi connectivity index (χ0) is 19.2. The predicted molar refractivity (Wildman–Crippen MR) is 105 cm³/mol. The number of fused-ring (bicyclic) bond motifs is 1. The number of piperidine rings is 2. The third kappa shape index (κ3) is 3.00. The average Bonchev–Trinajstić information content (AvgIpc) is 2.97. The fourth-order valence-electron chi connectivity index (χ4n) is 4.37. The first-order chi connectivity index (χ1) is 12.9. The number of likely N-dealkylation sites (tertiary alicyclic amines) is 2. The number of nitrogens with zero attached hydrogens (tertiary/aromatic N) is 2. The molecule has 2 aromatic rings. The van der Waals surface area contributed by atoms with Crippen LogP contribution in [-0.4, -0.2) is 47.2 Å². The SMILES string of the molecule is CCN1C(=O)CC2(CCN(C(=O)c3c(N)sc4ccccc34)CC2)CC1=O. The molecule has 6 nitrogen and oxygen atoms in total. The van der Waals surface area contributed by atoms with Crippen LogP contribution in [-0.2, 0) is 9.59 Å². The molecule has 0 aliphatic carbocycles. The molecule has 2 saturated heterocycles. The van der Waals surface area contributed by atoms with Crippen molar-refractivity contribution in [2.75, 3.05) is 25.4 Å². The Morgan fingerprint density at radius 3 is 2.41 bits per heavy atom. The van der Waals surface area contributed by atoms with Gasteiger partial charge in [-0.2, -0.15) is 0 Å². The normalized spacial score (nSPS) is 19.9. The van der Waals surface area contributed by atoms with Crippen molar-refractivity contribution in [1.82, 2.24) is 9.80 Å². The molecule has 2 aliphatic heterocycles. The lowest BCUT2D eigenvalue weighted by Gasteiger charge is -2.45. The maximum atomic E-state index is 13.1. The van der Waals surface area contributed by atoms with E-state index in [1.54, 1.807) is 0 Å². The summed E-state index contributed by atoms with van der Waals surface area (Å²) in [6, 6.07) is 7.75. The monoisotopic (exact) mass is 385 g/mol. The summed E-state index contributed by atoms with van der Waals surface area (Å²) in [4.78, 5) is 40.9. The van der Waals surface area contributed by atoms with Gasteiger partial charge < -0.3 is 10.6 Å². The summed E-state index contributed by atoms with van der Waals surface area (Å²) in [5.74, 6) is -0.216. The van der Waals surface area contributed by atoms with Gasteiger partial charge in [0.15, 0.2) is 0 Å². The summed E-state index contributed by atoms with van der Waals surface area (Å²) < 4.78 is 1.01. The molecule has 1 aromatic carbocycles. The Labute approximate surface area is 161 Å². The third-order valence-electron chi connectivity index (χ3n) is 5.92. The summed E-state index contributed by atoms with van der Waals surface area (Å²) in [6.07, 6.45) is 2.15. The fourth-order valence-corrected chi connectivity index (χ4v) is 5.33. The summed E-state index contributed by atoms with van der Waals surface area (Å²) in [5, 5.41) is 1.44. The molecule has 3 amide bonds. The molecule has 2 N–H and O–H groups in total. The van der Waals surface area contributed by atoms with E-state index in [1.807, 2.05) is 36.1 Å². The van der Waals surface area contributed by atoms with Gasteiger partial charge >= 0.3 is 0 Å². The highest BCUT2D eigenvalue weighted by atomic mass is 32.1. The number of benzene rings is 1. The smallest absolute Gasteiger partial charge is 0.257 e. The zero-order valence-corrected chi connectivity index (χ0v) is 16.2. The second kappa shape index (κ2) is 6.64. The first kappa shape index (κ1) is 18.0. The number of anilines is 1. The van der Waals surface area contributed by atoms with Crippen molar-refractivity contribution in [1.29, 1.82) is 0 Å². The van der Waals surface area contributed by atoms with Crippen LogP contribution in [0.15, 0.2) is 24.3 Å². The minimum absolute atomic E-state index is 0.0524. The summed E-state index contributed by atoms with van der Waals surface area (Å²) in [7, 11) is 0. The van der Waals surface area contributed by atoms with E-state index in [9.17, 15) is 14.4 Å². The van der Waals surface area contributed by atoms with Gasteiger partial charge in [0.2, 0.25) is 11.8 Å². The van der Waals surface area contributed by atoms with Gasteiger partial charge in [-0.25, -0.2) is 0 Å². The van der Waals surface area contributed by atoms with Crippen molar-refractivity contribution in [2.45, 2.75) is 32.6 Å². The molecule has 3 heterocycles. The molecule has 7 heteroatoms. The van der Waals surface area contributed by atoms with Gasteiger partial charge in [0, 0.05) is 42.6 Å². The van der Waals surface area contributed by atoms with Gasteiger partial charge in [-0.1, -0.05) is 18.2 Å². The topological polar surface area (TPSA) is 83.7 Å². The Hall–Kier alpha value is -2.41. The maximum Gasteiger partial charge on any atom is 0.257 e. The minimum atomic E-state index is -0.293. The number of amides is 3. The van der Waals surface area contributed by atoms with Crippen LogP contribution in [0.1, 0.15) is 43.0 Å². The molecule has 0 unspecified atom stereocenters. The molecule has 2 fully saturated rings.